The Morgan fingerprint density at radius 3 is 2.93 bits per heavy atom. The van der Waals surface area contributed by atoms with Crippen LogP contribution < -0.4 is 10.2 Å². The van der Waals surface area contributed by atoms with E-state index in [9.17, 15) is 4.79 Å². The van der Waals surface area contributed by atoms with Crippen LogP contribution in [0, 0.1) is 0 Å². The van der Waals surface area contributed by atoms with Crippen molar-refractivity contribution in [3.8, 4) is 0 Å². The predicted octanol–water partition coefficient (Wildman–Crippen LogP) is 0.564. The molecule has 6 heteroatoms. The summed E-state index contributed by atoms with van der Waals surface area (Å²) in [7, 11) is 0. The first-order valence-electron chi connectivity index (χ1n) is 4.65. The van der Waals surface area contributed by atoms with Crippen LogP contribution >= 0.6 is 15.9 Å². The van der Waals surface area contributed by atoms with E-state index < -0.39 is 0 Å². The fraction of sp³-hybridized carbons (Fsp3) is 0.444. The van der Waals surface area contributed by atoms with Gasteiger partial charge in [-0.25, -0.2) is 9.97 Å². The van der Waals surface area contributed by atoms with Gasteiger partial charge in [-0.05, 0) is 15.9 Å². The van der Waals surface area contributed by atoms with E-state index in [-0.39, 0.29) is 11.9 Å². The number of hydrogen-bond acceptors (Lipinski definition) is 4. The van der Waals surface area contributed by atoms with Crippen LogP contribution in [-0.2, 0) is 4.79 Å². The Labute approximate surface area is 96.0 Å². The van der Waals surface area contributed by atoms with Crippen LogP contribution in [0.3, 0.4) is 0 Å². The minimum atomic E-state index is 0.0171. The molecule has 5 nitrogen and oxygen atoms in total. The van der Waals surface area contributed by atoms with Crippen molar-refractivity contribution >= 4 is 27.7 Å². The molecule has 0 unspecified atom stereocenters. The fourth-order valence-electron chi connectivity index (χ4n) is 1.54. The first-order valence-corrected chi connectivity index (χ1v) is 5.44. The highest BCUT2D eigenvalue weighted by molar-refractivity contribution is 9.10. The molecule has 1 fully saturated rings. The van der Waals surface area contributed by atoms with E-state index in [1.807, 2.05) is 6.07 Å². The molecule has 1 aliphatic rings. The van der Waals surface area contributed by atoms with Crippen molar-refractivity contribution in [2.45, 2.75) is 13.0 Å². The summed E-state index contributed by atoms with van der Waals surface area (Å²) in [4.78, 5) is 21.0. The maximum atomic E-state index is 10.8. The summed E-state index contributed by atoms with van der Waals surface area (Å²) in [5.74, 6) is 0.905. The van der Waals surface area contributed by atoms with Gasteiger partial charge in [-0.3, -0.25) is 4.79 Å². The third-order valence-corrected chi connectivity index (χ3v) is 2.67. The number of anilines is 1. The number of nitrogens with zero attached hydrogens (tertiary/aromatic N) is 3. The minimum absolute atomic E-state index is 0.0171. The molecule has 0 bridgehead atoms. The lowest BCUT2D eigenvalue weighted by Gasteiger charge is -2.40. The number of amides is 1. The Balaban J connectivity index is 1.92. The van der Waals surface area contributed by atoms with Gasteiger partial charge in [0, 0.05) is 26.1 Å². The average Bonchev–Trinajstić information content (AvgIpc) is 2.10. The van der Waals surface area contributed by atoms with E-state index in [2.05, 4.69) is 36.1 Å². The first-order chi connectivity index (χ1) is 7.15. The Bertz CT molecular complexity index is 378. The van der Waals surface area contributed by atoms with Crippen LogP contribution in [0.15, 0.2) is 17.0 Å². The van der Waals surface area contributed by atoms with E-state index in [0.717, 1.165) is 23.5 Å². The summed E-state index contributed by atoms with van der Waals surface area (Å²) in [5, 5.41) is 2.86. The molecule has 1 aromatic heterocycles. The zero-order valence-corrected chi connectivity index (χ0v) is 9.86. The smallest absolute Gasteiger partial charge is 0.217 e. The molecule has 0 aromatic carbocycles. The van der Waals surface area contributed by atoms with Gasteiger partial charge < -0.3 is 10.2 Å². The summed E-state index contributed by atoms with van der Waals surface area (Å²) in [6.07, 6.45) is 1.52. The van der Waals surface area contributed by atoms with Crippen molar-refractivity contribution < 1.29 is 4.79 Å². The SMILES string of the molecule is CC(=O)NC1CN(c2cc(Br)ncn2)C1. The molecule has 0 saturated carbocycles. The second-order valence-corrected chi connectivity index (χ2v) is 4.31. The van der Waals surface area contributed by atoms with Crippen LogP contribution in [0.2, 0.25) is 0 Å². The maximum absolute atomic E-state index is 10.8. The summed E-state index contributed by atoms with van der Waals surface area (Å²) >= 11 is 3.29. The number of carbonyl (C=O) groups excluding carboxylic acids is 1. The number of nitrogens with one attached hydrogen (secondary N) is 1. The van der Waals surface area contributed by atoms with Crippen molar-refractivity contribution in [3.63, 3.8) is 0 Å². The van der Waals surface area contributed by atoms with Crippen LogP contribution in [0.4, 0.5) is 5.82 Å². The van der Waals surface area contributed by atoms with Crippen molar-refractivity contribution in [1.82, 2.24) is 15.3 Å². The lowest BCUT2D eigenvalue weighted by molar-refractivity contribution is -0.119. The molecule has 15 heavy (non-hydrogen) atoms. The van der Waals surface area contributed by atoms with Gasteiger partial charge in [0.2, 0.25) is 5.91 Å². The van der Waals surface area contributed by atoms with Gasteiger partial charge in [0.25, 0.3) is 0 Å². The lowest BCUT2D eigenvalue weighted by Crippen LogP contribution is -2.59. The Morgan fingerprint density at radius 1 is 1.60 bits per heavy atom. The number of carbonyl (C=O) groups is 1. The van der Waals surface area contributed by atoms with Crippen molar-refractivity contribution in [3.05, 3.63) is 17.0 Å². The lowest BCUT2D eigenvalue weighted by atomic mass is 10.1. The first kappa shape index (κ1) is 10.4. The molecule has 1 amide bonds. The molecule has 0 atom stereocenters. The molecule has 80 valence electrons. The molecule has 0 spiro atoms. The molecule has 1 N–H and O–H groups in total. The topological polar surface area (TPSA) is 58.1 Å². The molecule has 0 aliphatic carbocycles. The van der Waals surface area contributed by atoms with Crippen LogP contribution in [-0.4, -0.2) is 35.0 Å². The van der Waals surface area contributed by atoms with E-state index in [0.29, 0.717) is 0 Å². The number of aromatic nitrogens is 2. The van der Waals surface area contributed by atoms with E-state index in [1.165, 1.54) is 13.3 Å². The highest BCUT2D eigenvalue weighted by Crippen LogP contribution is 2.20. The Morgan fingerprint density at radius 2 is 2.33 bits per heavy atom. The third kappa shape index (κ3) is 2.44. The second kappa shape index (κ2) is 4.14. The second-order valence-electron chi connectivity index (χ2n) is 3.50. The molecule has 2 rings (SSSR count). The molecule has 0 radical (unpaired) electrons. The largest absolute Gasteiger partial charge is 0.352 e. The summed E-state index contributed by atoms with van der Waals surface area (Å²) in [6, 6.07) is 2.11. The van der Waals surface area contributed by atoms with Crippen LogP contribution in [0.25, 0.3) is 0 Å². The van der Waals surface area contributed by atoms with Crippen molar-refractivity contribution in [2.75, 3.05) is 18.0 Å². The monoisotopic (exact) mass is 270 g/mol. The molecule has 1 aromatic rings. The molecule has 1 saturated heterocycles. The Hall–Kier alpha value is -1.17. The minimum Gasteiger partial charge on any atom is -0.352 e. The summed E-state index contributed by atoms with van der Waals surface area (Å²) < 4.78 is 0.774. The van der Waals surface area contributed by atoms with E-state index in [4.69, 9.17) is 0 Å². The predicted molar refractivity (Wildman–Crippen MR) is 59.5 cm³/mol. The quantitative estimate of drug-likeness (QED) is 0.799. The summed E-state index contributed by atoms with van der Waals surface area (Å²) in [5.41, 5.74) is 0. The average molecular weight is 271 g/mol. The van der Waals surface area contributed by atoms with Crippen LogP contribution in [0.5, 0.6) is 0 Å². The van der Waals surface area contributed by atoms with E-state index >= 15 is 0 Å². The van der Waals surface area contributed by atoms with Gasteiger partial charge in [0.15, 0.2) is 0 Å². The van der Waals surface area contributed by atoms with Gasteiger partial charge in [-0.15, -0.1) is 0 Å². The molecule has 2 heterocycles. The highest BCUT2D eigenvalue weighted by Gasteiger charge is 2.28. The van der Waals surface area contributed by atoms with Gasteiger partial charge in [0.1, 0.15) is 16.7 Å². The third-order valence-electron chi connectivity index (χ3n) is 2.23. The van der Waals surface area contributed by atoms with Gasteiger partial charge in [-0.2, -0.15) is 0 Å². The number of halogens is 1. The zero-order chi connectivity index (χ0) is 10.8. The molecule has 1 aliphatic heterocycles. The van der Waals surface area contributed by atoms with Gasteiger partial charge >= 0.3 is 0 Å². The highest BCUT2D eigenvalue weighted by atomic mass is 79.9. The fourth-order valence-corrected chi connectivity index (χ4v) is 1.84. The number of rotatable bonds is 2. The van der Waals surface area contributed by atoms with Crippen molar-refractivity contribution in [1.29, 1.82) is 0 Å². The zero-order valence-electron chi connectivity index (χ0n) is 8.27. The van der Waals surface area contributed by atoms with Crippen molar-refractivity contribution in [2.24, 2.45) is 0 Å². The normalized spacial score (nSPS) is 16.0. The van der Waals surface area contributed by atoms with Gasteiger partial charge in [0.05, 0.1) is 6.04 Å². The number of hydrogen-bond donors (Lipinski definition) is 1. The van der Waals surface area contributed by atoms with E-state index in [1.54, 1.807) is 0 Å². The standard InChI is InChI=1S/C9H11BrN4O/c1-6(15)13-7-3-14(4-7)9-2-8(10)11-5-12-9/h2,5,7H,3-4H2,1H3,(H,13,15). The van der Waals surface area contributed by atoms with Gasteiger partial charge in [-0.1, -0.05) is 0 Å². The maximum Gasteiger partial charge on any atom is 0.217 e. The Kier molecular flexibility index (Phi) is 2.86. The molecular weight excluding hydrogens is 260 g/mol. The molecular formula is C9H11BrN4O. The van der Waals surface area contributed by atoms with Crippen LogP contribution in [0.1, 0.15) is 6.92 Å². The summed E-state index contributed by atoms with van der Waals surface area (Å²) in [6.45, 7) is 3.15.